The monoisotopic (exact) mass is 299 g/mol. The Morgan fingerprint density at radius 2 is 1.90 bits per heavy atom. The second-order valence-electron chi connectivity index (χ2n) is 5.41. The van der Waals surface area contributed by atoms with E-state index in [0.29, 0.717) is 32.4 Å². The minimum absolute atomic E-state index is 0.0183. The van der Waals surface area contributed by atoms with Crippen LogP contribution in [0.2, 0.25) is 0 Å². The number of rotatable bonds is 6. The van der Waals surface area contributed by atoms with Gasteiger partial charge in [-0.2, -0.15) is 0 Å². The van der Waals surface area contributed by atoms with Crippen molar-refractivity contribution < 1.29 is 19.5 Å². The van der Waals surface area contributed by atoms with Gasteiger partial charge in [0.05, 0.1) is 6.42 Å². The van der Waals surface area contributed by atoms with Crippen LogP contribution in [-0.4, -0.2) is 54.1 Å². The number of urea groups is 1. The molecule has 1 heterocycles. The molecule has 1 aliphatic rings. The minimum Gasteiger partial charge on any atom is -0.481 e. The van der Waals surface area contributed by atoms with Crippen molar-refractivity contribution in [2.45, 2.75) is 45.1 Å². The van der Waals surface area contributed by atoms with Crippen molar-refractivity contribution in [1.29, 1.82) is 0 Å². The SMILES string of the molecule is CCCC(CC(=O)O)NC(=O)N1CCC(C(=O)NC)CC1. The summed E-state index contributed by atoms with van der Waals surface area (Å²) in [6.07, 6.45) is 2.69. The summed E-state index contributed by atoms with van der Waals surface area (Å²) in [6.45, 7) is 3.00. The van der Waals surface area contributed by atoms with E-state index in [-0.39, 0.29) is 30.3 Å². The van der Waals surface area contributed by atoms with Crippen LogP contribution in [0.5, 0.6) is 0 Å². The number of carboxylic acid groups (broad SMARTS) is 1. The first-order chi connectivity index (χ1) is 9.97. The van der Waals surface area contributed by atoms with Crippen molar-refractivity contribution in [3.63, 3.8) is 0 Å². The normalized spacial score (nSPS) is 17.1. The highest BCUT2D eigenvalue weighted by molar-refractivity contribution is 5.79. The average Bonchev–Trinajstić information content (AvgIpc) is 2.46. The number of aliphatic carboxylic acids is 1. The molecular weight excluding hydrogens is 274 g/mol. The summed E-state index contributed by atoms with van der Waals surface area (Å²) in [7, 11) is 1.61. The Balaban J connectivity index is 2.45. The van der Waals surface area contributed by atoms with Crippen LogP contribution in [0.25, 0.3) is 0 Å². The van der Waals surface area contributed by atoms with Gasteiger partial charge in [0.25, 0.3) is 0 Å². The molecule has 1 aliphatic heterocycles. The zero-order valence-corrected chi connectivity index (χ0v) is 12.7. The number of likely N-dealkylation sites (tertiary alicyclic amines) is 1. The largest absolute Gasteiger partial charge is 0.481 e. The fourth-order valence-electron chi connectivity index (χ4n) is 2.60. The number of hydrogen-bond donors (Lipinski definition) is 3. The Hall–Kier alpha value is -1.79. The smallest absolute Gasteiger partial charge is 0.317 e. The van der Waals surface area contributed by atoms with E-state index in [9.17, 15) is 14.4 Å². The van der Waals surface area contributed by atoms with Crippen LogP contribution in [0, 0.1) is 5.92 Å². The van der Waals surface area contributed by atoms with Crippen molar-refractivity contribution in [1.82, 2.24) is 15.5 Å². The summed E-state index contributed by atoms with van der Waals surface area (Å²) < 4.78 is 0. The van der Waals surface area contributed by atoms with Crippen molar-refractivity contribution in [3.8, 4) is 0 Å². The fourth-order valence-corrected chi connectivity index (χ4v) is 2.60. The number of amides is 3. The Bertz CT molecular complexity index is 378. The molecule has 7 nitrogen and oxygen atoms in total. The Kier molecular flexibility index (Phi) is 6.98. The Labute approximate surface area is 125 Å². The molecule has 0 saturated carbocycles. The maximum Gasteiger partial charge on any atom is 0.317 e. The number of carbonyl (C=O) groups excluding carboxylic acids is 2. The zero-order chi connectivity index (χ0) is 15.8. The summed E-state index contributed by atoms with van der Waals surface area (Å²) in [5.41, 5.74) is 0. The molecule has 1 rings (SSSR count). The van der Waals surface area contributed by atoms with Gasteiger partial charge in [0.2, 0.25) is 5.91 Å². The van der Waals surface area contributed by atoms with Gasteiger partial charge in [0, 0.05) is 32.1 Å². The lowest BCUT2D eigenvalue weighted by atomic mass is 9.96. The van der Waals surface area contributed by atoms with Crippen LogP contribution in [0.15, 0.2) is 0 Å². The maximum absolute atomic E-state index is 12.1. The quantitative estimate of drug-likeness (QED) is 0.675. The van der Waals surface area contributed by atoms with Crippen LogP contribution in [0.1, 0.15) is 39.0 Å². The molecule has 7 heteroatoms. The number of carboxylic acids is 1. The van der Waals surface area contributed by atoms with Gasteiger partial charge in [-0.25, -0.2) is 4.79 Å². The molecule has 1 saturated heterocycles. The predicted octanol–water partition coefficient (Wildman–Crippen LogP) is 0.797. The van der Waals surface area contributed by atoms with Gasteiger partial charge in [0.15, 0.2) is 0 Å². The first kappa shape index (κ1) is 17.3. The van der Waals surface area contributed by atoms with E-state index < -0.39 is 5.97 Å². The van der Waals surface area contributed by atoms with E-state index in [2.05, 4.69) is 10.6 Å². The molecule has 1 unspecified atom stereocenters. The average molecular weight is 299 g/mol. The highest BCUT2D eigenvalue weighted by Crippen LogP contribution is 2.17. The third-order valence-corrected chi connectivity index (χ3v) is 3.79. The predicted molar refractivity (Wildman–Crippen MR) is 77.8 cm³/mol. The van der Waals surface area contributed by atoms with Gasteiger partial charge in [-0.1, -0.05) is 13.3 Å². The third kappa shape index (κ3) is 5.61. The molecule has 0 radical (unpaired) electrons. The molecule has 120 valence electrons. The Morgan fingerprint density at radius 3 is 2.38 bits per heavy atom. The highest BCUT2D eigenvalue weighted by Gasteiger charge is 2.27. The second-order valence-corrected chi connectivity index (χ2v) is 5.41. The van der Waals surface area contributed by atoms with E-state index in [1.807, 2.05) is 6.92 Å². The fraction of sp³-hybridized carbons (Fsp3) is 0.786. The lowest BCUT2D eigenvalue weighted by molar-refractivity contribution is -0.137. The lowest BCUT2D eigenvalue weighted by Crippen LogP contribution is -2.49. The van der Waals surface area contributed by atoms with Crippen molar-refractivity contribution in [2.75, 3.05) is 20.1 Å². The number of nitrogens with one attached hydrogen (secondary N) is 2. The minimum atomic E-state index is -0.910. The van der Waals surface area contributed by atoms with Crippen molar-refractivity contribution >= 4 is 17.9 Å². The summed E-state index contributed by atoms with van der Waals surface area (Å²) in [5, 5.41) is 14.3. The molecule has 3 amide bonds. The van der Waals surface area contributed by atoms with Gasteiger partial charge in [-0.05, 0) is 19.3 Å². The molecule has 0 bridgehead atoms. The molecule has 0 aliphatic carbocycles. The summed E-state index contributed by atoms with van der Waals surface area (Å²) >= 11 is 0. The van der Waals surface area contributed by atoms with E-state index in [0.717, 1.165) is 6.42 Å². The van der Waals surface area contributed by atoms with Crippen molar-refractivity contribution in [3.05, 3.63) is 0 Å². The Morgan fingerprint density at radius 1 is 1.29 bits per heavy atom. The van der Waals surface area contributed by atoms with E-state index in [1.165, 1.54) is 0 Å². The molecule has 0 aromatic rings. The molecule has 1 fully saturated rings. The van der Waals surface area contributed by atoms with E-state index in [1.54, 1.807) is 11.9 Å². The van der Waals surface area contributed by atoms with E-state index in [4.69, 9.17) is 5.11 Å². The highest BCUT2D eigenvalue weighted by atomic mass is 16.4. The van der Waals surface area contributed by atoms with Gasteiger partial charge in [-0.15, -0.1) is 0 Å². The molecular formula is C14H25N3O4. The number of nitrogens with zero attached hydrogens (tertiary/aromatic N) is 1. The summed E-state index contributed by atoms with van der Waals surface area (Å²) in [5.74, 6) is -0.929. The van der Waals surface area contributed by atoms with Crippen LogP contribution in [0.4, 0.5) is 4.79 Å². The number of piperidine rings is 1. The number of carbonyl (C=O) groups is 3. The first-order valence-electron chi connectivity index (χ1n) is 7.46. The van der Waals surface area contributed by atoms with Crippen LogP contribution in [-0.2, 0) is 9.59 Å². The maximum atomic E-state index is 12.1. The van der Waals surface area contributed by atoms with Crippen LogP contribution in [0.3, 0.4) is 0 Å². The second kappa shape index (κ2) is 8.49. The number of hydrogen-bond acceptors (Lipinski definition) is 3. The molecule has 0 spiro atoms. The molecule has 3 N–H and O–H groups in total. The van der Waals surface area contributed by atoms with Gasteiger partial charge < -0.3 is 20.6 Å². The standard InChI is InChI=1S/C14H25N3O4/c1-3-4-11(9-12(18)19)16-14(21)17-7-5-10(6-8-17)13(20)15-2/h10-11H,3-9H2,1-2H3,(H,15,20)(H,16,21)(H,18,19). The topological polar surface area (TPSA) is 98.7 Å². The summed E-state index contributed by atoms with van der Waals surface area (Å²) in [6, 6.07) is -0.568. The zero-order valence-electron chi connectivity index (χ0n) is 12.7. The molecule has 0 aromatic carbocycles. The van der Waals surface area contributed by atoms with Crippen molar-refractivity contribution in [2.24, 2.45) is 5.92 Å². The molecule has 21 heavy (non-hydrogen) atoms. The first-order valence-corrected chi connectivity index (χ1v) is 7.46. The molecule has 0 aromatic heterocycles. The van der Waals surface area contributed by atoms with Gasteiger partial charge in [-0.3, -0.25) is 9.59 Å². The lowest BCUT2D eigenvalue weighted by Gasteiger charge is -2.32. The van der Waals surface area contributed by atoms with E-state index >= 15 is 0 Å². The third-order valence-electron chi connectivity index (χ3n) is 3.79. The van der Waals surface area contributed by atoms with Gasteiger partial charge in [0.1, 0.15) is 0 Å². The van der Waals surface area contributed by atoms with Crippen LogP contribution >= 0.6 is 0 Å². The van der Waals surface area contributed by atoms with Gasteiger partial charge >= 0.3 is 12.0 Å². The van der Waals surface area contributed by atoms with Crippen LogP contribution < -0.4 is 10.6 Å². The molecule has 1 atom stereocenters. The summed E-state index contributed by atoms with van der Waals surface area (Å²) in [4.78, 5) is 36.1.